The fourth-order valence-corrected chi connectivity index (χ4v) is 3.71. The lowest BCUT2D eigenvalue weighted by atomic mass is 10.1. The summed E-state index contributed by atoms with van der Waals surface area (Å²) in [4.78, 5) is 47.8. The summed E-state index contributed by atoms with van der Waals surface area (Å²) in [7, 11) is 1.18. The first kappa shape index (κ1) is 20.7. The highest BCUT2D eigenvalue weighted by Gasteiger charge is 2.27. The Morgan fingerprint density at radius 1 is 1.13 bits per heavy atom. The van der Waals surface area contributed by atoms with Crippen LogP contribution in [0.15, 0.2) is 47.1 Å². The molecule has 3 aromatic rings. The van der Waals surface area contributed by atoms with Gasteiger partial charge in [-0.3, -0.25) is 19.7 Å². The van der Waals surface area contributed by atoms with Gasteiger partial charge in [-0.25, -0.2) is 4.79 Å². The third kappa shape index (κ3) is 4.20. The predicted molar refractivity (Wildman–Crippen MR) is 108 cm³/mol. The van der Waals surface area contributed by atoms with Crippen LogP contribution >= 0.6 is 11.3 Å². The third-order valence-corrected chi connectivity index (χ3v) is 5.24. The minimum Gasteiger partial charge on any atom is -0.465 e. The topological polar surface area (TPSA) is 141 Å². The van der Waals surface area contributed by atoms with Crippen molar-refractivity contribution in [3.63, 3.8) is 0 Å². The fourth-order valence-electron chi connectivity index (χ4n) is 2.62. The minimum atomic E-state index is -0.729. The molecule has 0 unspecified atom stereocenters. The number of anilines is 2. The average molecular weight is 429 g/mol. The quantitative estimate of drug-likeness (QED) is 0.344. The Morgan fingerprint density at radius 2 is 1.90 bits per heavy atom. The first-order valence-corrected chi connectivity index (χ1v) is 9.25. The highest BCUT2D eigenvalue weighted by Crippen LogP contribution is 2.34. The summed E-state index contributed by atoms with van der Waals surface area (Å²) < 4.78 is 9.80. The molecule has 0 saturated heterocycles. The molecule has 11 heteroatoms. The van der Waals surface area contributed by atoms with E-state index < -0.39 is 22.7 Å². The Morgan fingerprint density at radius 3 is 2.53 bits per heavy atom. The standard InChI is InChI=1S/C19H15N3O7S/c1-10-14(19(25)28-2)18(21-16(23)13-7-4-8-29-13)30-15(10)17(24)20-11-5-3-6-12(9-11)22(26)27/h3-9H,1-2H3,(H,20,24)(H,21,23). The Hall–Kier alpha value is -3.99. The van der Waals surface area contributed by atoms with Crippen LogP contribution < -0.4 is 10.6 Å². The van der Waals surface area contributed by atoms with Gasteiger partial charge < -0.3 is 19.8 Å². The molecule has 0 fully saturated rings. The molecule has 0 aliphatic heterocycles. The molecule has 0 radical (unpaired) electrons. The number of nitrogens with zero attached hydrogens (tertiary/aromatic N) is 1. The van der Waals surface area contributed by atoms with Crippen LogP contribution in [0.25, 0.3) is 0 Å². The number of rotatable bonds is 6. The van der Waals surface area contributed by atoms with Crippen LogP contribution in [-0.4, -0.2) is 29.8 Å². The highest BCUT2D eigenvalue weighted by molar-refractivity contribution is 7.19. The first-order valence-electron chi connectivity index (χ1n) is 8.44. The number of esters is 1. The minimum absolute atomic E-state index is 0.0273. The lowest BCUT2D eigenvalue weighted by molar-refractivity contribution is -0.384. The van der Waals surface area contributed by atoms with Crippen molar-refractivity contribution in [1.29, 1.82) is 0 Å². The number of methoxy groups -OCH3 is 1. The summed E-state index contributed by atoms with van der Waals surface area (Å²) in [6, 6.07) is 8.42. The number of carbonyl (C=O) groups is 3. The van der Waals surface area contributed by atoms with E-state index in [1.54, 1.807) is 0 Å². The van der Waals surface area contributed by atoms with Crippen molar-refractivity contribution >= 4 is 45.5 Å². The van der Waals surface area contributed by atoms with E-state index in [2.05, 4.69) is 10.6 Å². The highest BCUT2D eigenvalue weighted by atomic mass is 32.1. The molecule has 1 aromatic carbocycles. The molecule has 154 valence electrons. The van der Waals surface area contributed by atoms with Crippen molar-refractivity contribution in [3.05, 3.63) is 74.5 Å². The molecule has 0 bridgehead atoms. The summed E-state index contributed by atoms with van der Waals surface area (Å²) in [5, 5.41) is 16.1. The third-order valence-electron chi connectivity index (χ3n) is 4.03. The SMILES string of the molecule is COC(=O)c1c(NC(=O)c2ccco2)sc(C(=O)Nc2cccc([N+](=O)[O-])c2)c1C. The van der Waals surface area contributed by atoms with Crippen molar-refractivity contribution < 1.29 is 28.5 Å². The van der Waals surface area contributed by atoms with E-state index in [1.165, 1.54) is 56.7 Å². The second-order valence-corrected chi connectivity index (χ2v) is 6.97. The van der Waals surface area contributed by atoms with E-state index in [0.29, 0.717) is 5.56 Å². The van der Waals surface area contributed by atoms with E-state index in [1.807, 2.05) is 0 Å². The molecular weight excluding hydrogens is 414 g/mol. The number of benzene rings is 1. The lowest BCUT2D eigenvalue weighted by Crippen LogP contribution is -2.14. The van der Waals surface area contributed by atoms with Crippen molar-refractivity contribution in [2.24, 2.45) is 0 Å². The maximum absolute atomic E-state index is 12.8. The zero-order chi connectivity index (χ0) is 21.8. The van der Waals surface area contributed by atoms with Crippen LogP contribution in [0.4, 0.5) is 16.4 Å². The molecule has 30 heavy (non-hydrogen) atoms. The molecule has 2 amide bonds. The number of hydrogen-bond donors (Lipinski definition) is 2. The van der Waals surface area contributed by atoms with Gasteiger partial charge in [0.15, 0.2) is 5.76 Å². The molecule has 3 rings (SSSR count). The fraction of sp³-hybridized carbons (Fsp3) is 0.105. The number of ether oxygens (including phenoxy) is 1. The molecule has 2 aromatic heterocycles. The van der Waals surface area contributed by atoms with E-state index in [9.17, 15) is 24.5 Å². The van der Waals surface area contributed by atoms with Crippen LogP contribution in [0.2, 0.25) is 0 Å². The van der Waals surface area contributed by atoms with Crippen molar-refractivity contribution in [2.75, 3.05) is 17.7 Å². The van der Waals surface area contributed by atoms with Crippen molar-refractivity contribution in [1.82, 2.24) is 0 Å². The van der Waals surface area contributed by atoms with Gasteiger partial charge in [0.25, 0.3) is 17.5 Å². The van der Waals surface area contributed by atoms with Crippen molar-refractivity contribution in [2.45, 2.75) is 6.92 Å². The Kier molecular flexibility index (Phi) is 5.93. The van der Waals surface area contributed by atoms with Crippen LogP contribution in [0.3, 0.4) is 0 Å². The molecule has 2 heterocycles. The molecule has 0 spiro atoms. The Balaban J connectivity index is 1.92. The van der Waals surface area contributed by atoms with Gasteiger partial charge in [0.05, 0.1) is 28.7 Å². The summed E-state index contributed by atoms with van der Waals surface area (Å²) >= 11 is 0.873. The van der Waals surface area contributed by atoms with Crippen LogP contribution in [0.1, 0.15) is 36.1 Å². The lowest BCUT2D eigenvalue weighted by Gasteiger charge is -2.05. The molecule has 0 aliphatic rings. The van der Waals surface area contributed by atoms with Crippen molar-refractivity contribution in [3.8, 4) is 0 Å². The zero-order valence-electron chi connectivity index (χ0n) is 15.8. The number of amides is 2. The number of hydrogen-bond acceptors (Lipinski definition) is 8. The van der Waals surface area contributed by atoms with E-state index in [4.69, 9.17) is 9.15 Å². The number of nitro groups is 1. The average Bonchev–Trinajstić information content (AvgIpc) is 3.36. The molecule has 0 saturated carbocycles. The van der Waals surface area contributed by atoms with Gasteiger partial charge in [-0.1, -0.05) is 6.07 Å². The monoisotopic (exact) mass is 429 g/mol. The number of nitrogens with one attached hydrogen (secondary N) is 2. The number of carbonyl (C=O) groups excluding carboxylic acids is 3. The van der Waals surface area contributed by atoms with Gasteiger partial charge in [0.2, 0.25) is 0 Å². The second kappa shape index (κ2) is 8.57. The predicted octanol–water partition coefficient (Wildman–Crippen LogP) is 3.85. The van der Waals surface area contributed by atoms with Gasteiger partial charge in [-0.2, -0.15) is 0 Å². The van der Waals surface area contributed by atoms with Gasteiger partial charge in [0, 0.05) is 17.8 Å². The van der Waals surface area contributed by atoms with Crippen LogP contribution in [0, 0.1) is 17.0 Å². The molecule has 0 aliphatic carbocycles. The largest absolute Gasteiger partial charge is 0.465 e. The second-order valence-electron chi connectivity index (χ2n) is 5.94. The van der Waals surface area contributed by atoms with Crippen LogP contribution in [0.5, 0.6) is 0 Å². The normalized spacial score (nSPS) is 10.3. The summed E-state index contributed by atoms with van der Waals surface area (Å²) in [6.45, 7) is 1.54. The molecule has 2 N–H and O–H groups in total. The van der Waals surface area contributed by atoms with E-state index in [0.717, 1.165) is 11.3 Å². The zero-order valence-corrected chi connectivity index (χ0v) is 16.6. The smallest absolute Gasteiger partial charge is 0.341 e. The number of nitro benzene ring substituents is 1. The van der Waals surface area contributed by atoms with E-state index >= 15 is 0 Å². The van der Waals surface area contributed by atoms with Crippen LogP contribution in [-0.2, 0) is 4.74 Å². The Labute approximate surface area is 173 Å². The van der Waals surface area contributed by atoms with Gasteiger partial charge in [-0.05, 0) is 30.7 Å². The van der Waals surface area contributed by atoms with Gasteiger partial charge in [-0.15, -0.1) is 11.3 Å². The maximum atomic E-state index is 12.8. The molecule has 10 nitrogen and oxygen atoms in total. The number of thiophene rings is 1. The summed E-state index contributed by atoms with van der Waals surface area (Å²) in [6.07, 6.45) is 1.33. The Bertz CT molecular complexity index is 1140. The van der Waals surface area contributed by atoms with E-state index in [-0.39, 0.29) is 32.6 Å². The first-order chi connectivity index (χ1) is 14.3. The molecule has 0 atom stereocenters. The summed E-state index contributed by atoms with van der Waals surface area (Å²) in [5.74, 6) is -1.90. The summed E-state index contributed by atoms with van der Waals surface area (Å²) in [5.41, 5.74) is 0.358. The maximum Gasteiger partial charge on any atom is 0.341 e. The number of non-ortho nitro benzene ring substituents is 1. The number of furan rings is 1. The molecular formula is C19H15N3O7S. The van der Waals surface area contributed by atoms with Gasteiger partial charge >= 0.3 is 5.97 Å². The van der Waals surface area contributed by atoms with Gasteiger partial charge in [0.1, 0.15) is 5.00 Å².